The number of furan rings is 1. The van der Waals surface area contributed by atoms with Crippen LogP contribution in [-0.2, 0) is 16.4 Å². The van der Waals surface area contributed by atoms with Gasteiger partial charge in [-0.2, -0.15) is 0 Å². The molecule has 1 unspecified atom stereocenters. The van der Waals surface area contributed by atoms with Gasteiger partial charge in [0.05, 0.1) is 24.3 Å². The van der Waals surface area contributed by atoms with E-state index >= 15 is 0 Å². The molecule has 0 aliphatic carbocycles. The maximum atomic E-state index is 12.2. The number of aromatic nitrogens is 2. The predicted molar refractivity (Wildman–Crippen MR) is 87.4 cm³/mol. The summed E-state index contributed by atoms with van der Waals surface area (Å²) in [6.45, 7) is 0.266. The van der Waals surface area contributed by atoms with Gasteiger partial charge >= 0.3 is 0 Å². The summed E-state index contributed by atoms with van der Waals surface area (Å²) in [5.41, 5.74) is 0.222. The molecule has 1 aliphatic rings. The maximum absolute atomic E-state index is 12.2. The molecule has 1 atom stereocenters. The summed E-state index contributed by atoms with van der Waals surface area (Å²) >= 11 is 0. The lowest BCUT2D eigenvalue weighted by Gasteiger charge is -2.23. The number of hydrogen-bond acceptors (Lipinski definition) is 7. The van der Waals surface area contributed by atoms with Crippen LogP contribution in [0.25, 0.3) is 0 Å². The normalized spacial score (nSPS) is 19.1. The van der Waals surface area contributed by atoms with Crippen LogP contribution in [0.15, 0.2) is 35.1 Å². The van der Waals surface area contributed by atoms with E-state index in [0.29, 0.717) is 18.1 Å². The van der Waals surface area contributed by atoms with Gasteiger partial charge < -0.3 is 14.6 Å². The minimum atomic E-state index is -3.00. The number of carbonyl (C=O) groups excluding carboxylic acids is 1. The molecule has 9 heteroatoms. The SMILES string of the molecule is CN(c1nccc(C(=O)NCc2ccco2)n1)C1CCS(=O)(=O)C1. The highest BCUT2D eigenvalue weighted by atomic mass is 32.2. The van der Waals surface area contributed by atoms with Crippen LogP contribution in [0.2, 0.25) is 0 Å². The van der Waals surface area contributed by atoms with Gasteiger partial charge in [0, 0.05) is 19.3 Å². The van der Waals surface area contributed by atoms with Crippen molar-refractivity contribution in [2.75, 3.05) is 23.5 Å². The van der Waals surface area contributed by atoms with Crippen molar-refractivity contribution >= 4 is 21.7 Å². The van der Waals surface area contributed by atoms with Crippen molar-refractivity contribution < 1.29 is 17.6 Å². The second-order valence-corrected chi connectivity index (χ2v) is 7.90. The molecule has 0 bridgehead atoms. The van der Waals surface area contributed by atoms with E-state index in [1.807, 2.05) is 0 Å². The number of rotatable bonds is 5. The first-order valence-electron chi connectivity index (χ1n) is 7.51. The summed E-state index contributed by atoms with van der Waals surface area (Å²) in [4.78, 5) is 22.3. The Hall–Kier alpha value is -2.42. The number of nitrogens with one attached hydrogen (secondary N) is 1. The van der Waals surface area contributed by atoms with E-state index in [1.165, 1.54) is 18.5 Å². The number of amides is 1. The zero-order chi connectivity index (χ0) is 17.2. The standard InChI is InChI=1S/C15H18N4O4S/c1-19(11-5-8-24(21,22)10-11)15-16-6-4-13(18-15)14(20)17-9-12-3-2-7-23-12/h2-4,6-7,11H,5,8-10H2,1H3,(H,17,20). The molecule has 3 heterocycles. The van der Waals surface area contributed by atoms with E-state index in [2.05, 4.69) is 15.3 Å². The largest absolute Gasteiger partial charge is 0.467 e. The summed E-state index contributed by atoms with van der Waals surface area (Å²) < 4.78 is 28.4. The van der Waals surface area contributed by atoms with Gasteiger partial charge in [-0.15, -0.1) is 0 Å². The molecule has 2 aromatic heterocycles. The molecule has 0 radical (unpaired) electrons. The number of carbonyl (C=O) groups is 1. The minimum Gasteiger partial charge on any atom is -0.467 e. The van der Waals surface area contributed by atoms with E-state index < -0.39 is 9.84 Å². The average molecular weight is 350 g/mol. The molecule has 1 saturated heterocycles. The van der Waals surface area contributed by atoms with Crippen LogP contribution < -0.4 is 10.2 Å². The van der Waals surface area contributed by atoms with E-state index in [9.17, 15) is 13.2 Å². The first kappa shape index (κ1) is 16.4. The van der Waals surface area contributed by atoms with Gasteiger partial charge in [0.15, 0.2) is 9.84 Å². The lowest BCUT2D eigenvalue weighted by atomic mass is 10.2. The Morgan fingerprint density at radius 2 is 2.29 bits per heavy atom. The number of anilines is 1. The van der Waals surface area contributed by atoms with Gasteiger partial charge in [-0.05, 0) is 24.6 Å². The summed E-state index contributed by atoms with van der Waals surface area (Å²) in [5.74, 6) is 0.892. The zero-order valence-electron chi connectivity index (χ0n) is 13.2. The Labute approximate surface area is 139 Å². The minimum absolute atomic E-state index is 0.0851. The zero-order valence-corrected chi connectivity index (χ0v) is 14.0. The molecule has 0 aromatic carbocycles. The molecule has 128 valence electrons. The average Bonchev–Trinajstić information content (AvgIpc) is 3.21. The highest BCUT2D eigenvalue weighted by Gasteiger charge is 2.31. The Morgan fingerprint density at radius 3 is 2.96 bits per heavy atom. The van der Waals surface area contributed by atoms with Gasteiger partial charge in [-0.3, -0.25) is 4.79 Å². The van der Waals surface area contributed by atoms with Crippen LogP contribution in [0.3, 0.4) is 0 Å². The molecule has 0 saturated carbocycles. The number of sulfone groups is 1. The lowest BCUT2D eigenvalue weighted by molar-refractivity contribution is 0.0943. The van der Waals surface area contributed by atoms with E-state index in [1.54, 1.807) is 24.1 Å². The quantitative estimate of drug-likeness (QED) is 0.843. The Kier molecular flexibility index (Phi) is 4.52. The second kappa shape index (κ2) is 6.60. The fourth-order valence-corrected chi connectivity index (χ4v) is 4.33. The fourth-order valence-electron chi connectivity index (χ4n) is 2.56. The molecule has 1 fully saturated rings. The smallest absolute Gasteiger partial charge is 0.270 e. The summed E-state index contributed by atoms with van der Waals surface area (Å²) in [6.07, 6.45) is 3.57. The number of hydrogen-bond donors (Lipinski definition) is 1. The van der Waals surface area contributed by atoms with Gasteiger partial charge in [-0.1, -0.05) is 0 Å². The molecular formula is C15H18N4O4S. The molecule has 1 N–H and O–H groups in total. The van der Waals surface area contributed by atoms with Crippen LogP contribution >= 0.6 is 0 Å². The number of nitrogens with zero attached hydrogens (tertiary/aromatic N) is 3. The van der Waals surface area contributed by atoms with Crippen molar-refractivity contribution in [1.29, 1.82) is 0 Å². The predicted octanol–water partition coefficient (Wildman–Crippen LogP) is 0.623. The molecule has 2 aromatic rings. The summed E-state index contributed by atoms with van der Waals surface area (Å²) in [6, 6.07) is 4.85. The third-order valence-electron chi connectivity index (χ3n) is 3.95. The topological polar surface area (TPSA) is 105 Å². The van der Waals surface area contributed by atoms with Crippen molar-refractivity contribution in [3.05, 3.63) is 42.1 Å². The monoisotopic (exact) mass is 350 g/mol. The van der Waals surface area contributed by atoms with Crippen molar-refractivity contribution in [3.63, 3.8) is 0 Å². The molecule has 8 nitrogen and oxygen atoms in total. The van der Waals surface area contributed by atoms with Crippen molar-refractivity contribution in [1.82, 2.24) is 15.3 Å². The van der Waals surface area contributed by atoms with Crippen molar-refractivity contribution in [2.24, 2.45) is 0 Å². The molecule has 24 heavy (non-hydrogen) atoms. The molecular weight excluding hydrogens is 332 g/mol. The molecule has 1 amide bonds. The maximum Gasteiger partial charge on any atom is 0.270 e. The third kappa shape index (κ3) is 3.73. The van der Waals surface area contributed by atoms with Gasteiger partial charge in [0.25, 0.3) is 5.91 Å². The Balaban J connectivity index is 1.68. The molecule has 3 rings (SSSR count). The van der Waals surface area contributed by atoms with E-state index in [4.69, 9.17) is 4.42 Å². The highest BCUT2D eigenvalue weighted by Crippen LogP contribution is 2.20. The fraction of sp³-hybridized carbons (Fsp3) is 0.400. The summed E-state index contributed by atoms with van der Waals surface area (Å²) in [5, 5.41) is 2.71. The second-order valence-electron chi connectivity index (χ2n) is 5.67. The first-order chi connectivity index (χ1) is 11.4. The van der Waals surface area contributed by atoms with Crippen molar-refractivity contribution in [3.8, 4) is 0 Å². The van der Waals surface area contributed by atoms with Crippen LogP contribution in [0.1, 0.15) is 22.7 Å². The molecule has 1 aliphatic heterocycles. The Bertz CT molecular complexity index is 820. The Morgan fingerprint density at radius 1 is 1.46 bits per heavy atom. The summed E-state index contributed by atoms with van der Waals surface area (Å²) in [7, 11) is -1.25. The van der Waals surface area contributed by atoms with Gasteiger partial charge in [0.2, 0.25) is 5.95 Å². The van der Waals surface area contributed by atoms with E-state index in [-0.39, 0.29) is 35.7 Å². The van der Waals surface area contributed by atoms with Crippen LogP contribution in [0.4, 0.5) is 5.95 Å². The van der Waals surface area contributed by atoms with Crippen molar-refractivity contribution in [2.45, 2.75) is 19.0 Å². The first-order valence-corrected chi connectivity index (χ1v) is 9.33. The van der Waals surface area contributed by atoms with Crippen LogP contribution in [0, 0.1) is 0 Å². The van der Waals surface area contributed by atoms with Crippen LogP contribution in [0.5, 0.6) is 0 Å². The van der Waals surface area contributed by atoms with E-state index in [0.717, 1.165) is 0 Å². The van der Waals surface area contributed by atoms with Gasteiger partial charge in [-0.25, -0.2) is 18.4 Å². The molecule has 0 spiro atoms. The third-order valence-corrected chi connectivity index (χ3v) is 5.70. The van der Waals surface area contributed by atoms with Crippen LogP contribution in [-0.4, -0.2) is 48.9 Å². The lowest BCUT2D eigenvalue weighted by Crippen LogP contribution is -2.34. The van der Waals surface area contributed by atoms with Gasteiger partial charge in [0.1, 0.15) is 11.5 Å². The highest BCUT2D eigenvalue weighted by molar-refractivity contribution is 7.91.